The highest BCUT2D eigenvalue weighted by atomic mass is 32.2. The van der Waals surface area contributed by atoms with Crippen LogP contribution in [0.4, 0.5) is 4.39 Å². The number of rotatable bonds is 5. The molecule has 3 aromatic rings. The standard InChI is InChI=1S/C18H16FN3O3S/c19-16-8-4-5-13(9-16)12-26(23,24)22-10-15(11-22)18-20-17(21-25-18)14-6-2-1-3-7-14/h1-9,15H,10-12H2. The van der Waals surface area contributed by atoms with Gasteiger partial charge in [-0.15, -0.1) is 0 Å². The van der Waals surface area contributed by atoms with E-state index in [1.54, 1.807) is 6.07 Å². The van der Waals surface area contributed by atoms with Gasteiger partial charge in [-0.05, 0) is 17.7 Å². The molecule has 2 heterocycles. The van der Waals surface area contributed by atoms with E-state index in [0.717, 1.165) is 5.56 Å². The van der Waals surface area contributed by atoms with Crippen molar-refractivity contribution in [1.82, 2.24) is 14.4 Å². The van der Waals surface area contributed by atoms with Gasteiger partial charge in [0.15, 0.2) is 0 Å². The van der Waals surface area contributed by atoms with Crippen molar-refractivity contribution in [2.24, 2.45) is 0 Å². The second-order valence-corrected chi connectivity index (χ2v) is 8.19. The van der Waals surface area contributed by atoms with E-state index in [9.17, 15) is 12.8 Å². The number of benzene rings is 2. The maximum atomic E-state index is 13.2. The predicted octanol–water partition coefficient (Wildman–Crippen LogP) is 2.80. The number of hydrogen-bond acceptors (Lipinski definition) is 5. The van der Waals surface area contributed by atoms with E-state index in [-0.39, 0.29) is 24.8 Å². The van der Waals surface area contributed by atoms with E-state index in [4.69, 9.17) is 4.52 Å². The molecule has 0 radical (unpaired) electrons. The molecule has 1 saturated heterocycles. The van der Waals surface area contributed by atoms with Crippen LogP contribution in [0, 0.1) is 5.82 Å². The molecule has 2 aromatic carbocycles. The first-order valence-electron chi connectivity index (χ1n) is 8.12. The fourth-order valence-electron chi connectivity index (χ4n) is 2.86. The molecule has 1 aliphatic rings. The van der Waals surface area contributed by atoms with Crippen LogP contribution in [0.25, 0.3) is 11.4 Å². The van der Waals surface area contributed by atoms with Crippen LogP contribution in [0.1, 0.15) is 17.4 Å². The molecule has 0 unspecified atom stereocenters. The first-order valence-corrected chi connectivity index (χ1v) is 9.73. The highest BCUT2D eigenvalue weighted by molar-refractivity contribution is 7.88. The van der Waals surface area contributed by atoms with E-state index >= 15 is 0 Å². The summed E-state index contributed by atoms with van der Waals surface area (Å²) in [6.45, 7) is 0.572. The van der Waals surface area contributed by atoms with Gasteiger partial charge in [0.25, 0.3) is 0 Å². The molecule has 26 heavy (non-hydrogen) atoms. The highest BCUT2D eigenvalue weighted by Gasteiger charge is 2.39. The van der Waals surface area contributed by atoms with Crippen molar-refractivity contribution >= 4 is 10.0 Å². The minimum Gasteiger partial charge on any atom is -0.339 e. The van der Waals surface area contributed by atoms with Gasteiger partial charge in [0.2, 0.25) is 21.7 Å². The molecule has 1 aromatic heterocycles. The summed E-state index contributed by atoms with van der Waals surface area (Å²) < 4.78 is 44.7. The quantitative estimate of drug-likeness (QED) is 0.687. The molecular weight excluding hydrogens is 357 g/mol. The van der Waals surface area contributed by atoms with Gasteiger partial charge in [0.1, 0.15) is 5.82 Å². The fourth-order valence-corrected chi connectivity index (χ4v) is 4.45. The second-order valence-electron chi connectivity index (χ2n) is 6.22. The van der Waals surface area contributed by atoms with Gasteiger partial charge in [0, 0.05) is 18.7 Å². The summed E-state index contributed by atoms with van der Waals surface area (Å²) in [5.74, 6) is 0.125. The summed E-state index contributed by atoms with van der Waals surface area (Å²) in [5.41, 5.74) is 1.27. The fraction of sp³-hybridized carbons (Fsp3) is 0.222. The number of aromatic nitrogens is 2. The number of hydrogen-bond donors (Lipinski definition) is 0. The van der Waals surface area contributed by atoms with Crippen molar-refractivity contribution < 1.29 is 17.3 Å². The van der Waals surface area contributed by atoms with E-state index in [1.165, 1.54) is 22.5 Å². The summed E-state index contributed by atoms with van der Waals surface area (Å²) in [5, 5.41) is 3.96. The Kier molecular flexibility index (Phi) is 4.29. The number of sulfonamides is 1. The minimum atomic E-state index is -3.50. The van der Waals surface area contributed by atoms with Gasteiger partial charge in [-0.2, -0.15) is 9.29 Å². The lowest BCUT2D eigenvalue weighted by Gasteiger charge is -2.35. The maximum Gasteiger partial charge on any atom is 0.232 e. The molecular formula is C18H16FN3O3S. The number of nitrogens with zero attached hydrogens (tertiary/aromatic N) is 3. The van der Waals surface area contributed by atoms with Crippen LogP contribution in [-0.4, -0.2) is 36.0 Å². The summed E-state index contributed by atoms with van der Waals surface area (Å²) in [6, 6.07) is 15.1. The topological polar surface area (TPSA) is 76.3 Å². The summed E-state index contributed by atoms with van der Waals surface area (Å²) in [7, 11) is -3.50. The zero-order valence-corrected chi connectivity index (χ0v) is 14.6. The monoisotopic (exact) mass is 373 g/mol. The van der Waals surface area contributed by atoms with Crippen molar-refractivity contribution in [1.29, 1.82) is 0 Å². The minimum absolute atomic E-state index is 0.123. The predicted molar refractivity (Wildman–Crippen MR) is 93.1 cm³/mol. The van der Waals surface area contributed by atoms with Crippen LogP contribution in [0.5, 0.6) is 0 Å². The summed E-state index contributed by atoms with van der Waals surface area (Å²) in [6.07, 6.45) is 0. The Hall–Kier alpha value is -2.58. The van der Waals surface area contributed by atoms with E-state index < -0.39 is 15.8 Å². The molecule has 0 amide bonds. The van der Waals surface area contributed by atoms with E-state index in [0.29, 0.717) is 17.3 Å². The summed E-state index contributed by atoms with van der Waals surface area (Å²) in [4.78, 5) is 4.37. The van der Waals surface area contributed by atoms with Gasteiger partial charge >= 0.3 is 0 Å². The number of halogens is 1. The molecule has 0 spiro atoms. The van der Waals surface area contributed by atoms with Crippen LogP contribution in [0.3, 0.4) is 0 Å². The molecule has 0 atom stereocenters. The van der Waals surface area contributed by atoms with E-state index in [2.05, 4.69) is 10.1 Å². The molecule has 1 aliphatic heterocycles. The molecule has 0 bridgehead atoms. The molecule has 0 saturated carbocycles. The van der Waals surface area contributed by atoms with Crippen molar-refractivity contribution in [3.8, 4) is 11.4 Å². The molecule has 6 nitrogen and oxygen atoms in total. The van der Waals surface area contributed by atoms with Crippen molar-refractivity contribution in [3.63, 3.8) is 0 Å². The smallest absolute Gasteiger partial charge is 0.232 e. The highest BCUT2D eigenvalue weighted by Crippen LogP contribution is 2.30. The third-order valence-corrected chi connectivity index (χ3v) is 6.09. The van der Waals surface area contributed by atoms with Crippen LogP contribution < -0.4 is 0 Å². The maximum absolute atomic E-state index is 13.2. The van der Waals surface area contributed by atoms with Gasteiger partial charge in [-0.3, -0.25) is 0 Å². The van der Waals surface area contributed by atoms with Gasteiger partial charge in [0.05, 0.1) is 11.7 Å². The third-order valence-electron chi connectivity index (χ3n) is 4.30. The van der Waals surface area contributed by atoms with Crippen molar-refractivity contribution in [2.45, 2.75) is 11.7 Å². The first-order chi connectivity index (χ1) is 12.5. The Morgan fingerprint density at radius 3 is 2.62 bits per heavy atom. The zero-order valence-electron chi connectivity index (χ0n) is 13.7. The normalized spacial score (nSPS) is 15.7. The Balaban J connectivity index is 1.41. The lowest BCUT2D eigenvalue weighted by Crippen LogP contribution is -2.48. The Morgan fingerprint density at radius 2 is 1.88 bits per heavy atom. The van der Waals surface area contributed by atoms with Crippen molar-refractivity contribution in [2.75, 3.05) is 13.1 Å². The average molecular weight is 373 g/mol. The molecule has 4 rings (SSSR count). The van der Waals surface area contributed by atoms with Crippen LogP contribution in [0.15, 0.2) is 59.1 Å². The van der Waals surface area contributed by atoms with Crippen LogP contribution in [0.2, 0.25) is 0 Å². The molecule has 0 aliphatic carbocycles. The van der Waals surface area contributed by atoms with Crippen LogP contribution in [-0.2, 0) is 15.8 Å². The van der Waals surface area contributed by atoms with Gasteiger partial charge in [-0.25, -0.2) is 12.8 Å². The van der Waals surface area contributed by atoms with Gasteiger partial charge < -0.3 is 4.52 Å². The second kappa shape index (κ2) is 6.62. The first kappa shape index (κ1) is 16.9. The molecule has 134 valence electrons. The lowest BCUT2D eigenvalue weighted by atomic mass is 10.0. The van der Waals surface area contributed by atoms with Crippen molar-refractivity contribution in [3.05, 3.63) is 71.9 Å². The summed E-state index contributed by atoms with van der Waals surface area (Å²) >= 11 is 0. The van der Waals surface area contributed by atoms with E-state index in [1.807, 2.05) is 30.3 Å². The molecule has 1 fully saturated rings. The molecule has 0 N–H and O–H groups in total. The van der Waals surface area contributed by atoms with Crippen LogP contribution >= 0.6 is 0 Å². The SMILES string of the molecule is O=S(=O)(Cc1cccc(F)c1)N1CC(c2nc(-c3ccccc3)no2)C1. The lowest BCUT2D eigenvalue weighted by molar-refractivity contribution is 0.216. The Bertz CT molecular complexity index is 1010. The average Bonchev–Trinajstić information content (AvgIpc) is 3.03. The Labute approximate surface area is 150 Å². The Morgan fingerprint density at radius 1 is 1.12 bits per heavy atom. The zero-order chi connectivity index (χ0) is 18.1. The largest absolute Gasteiger partial charge is 0.339 e. The third kappa shape index (κ3) is 3.38. The molecule has 8 heteroatoms. The van der Waals surface area contributed by atoms with Gasteiger partial charge in [-0.1, -0.05) is 47.6 Å².